The third-order valence-corrected chi connectivity index (χ3v) is 5.28. The first-order valence-electron chi connectivity index (χ1n) is 8.29. The normalized spacial score (nSPS) is 17.6. The van der Waals surface area contributed by atoms with Crippen LogP contribution in [-0.4, -0.2) is 36.2 Å². The summed E-state index contributed by atoms with van der Waals surface area (Å²) in [6.07, 6.45) is 1.07. The summed E-state index contributed by atoms with van der Waals surface area (Å²) in [7, 11) is 2.08. The molecule has 0 radical (unpaired) electrons. The van der Waals surface area contributed by atoms with Crippen LogP contribution in [0.15, 0.2) is 42.5 Å². The zero-order chi connectivity index (χ0) is 17.8. The van der Waals surface area contributed by atoms with Gasteiger partial charge < -0.3 is 4.90 Å². The van der Waals surface area contributed by atoms with Crippen LogP contribution in [0, 0.1) is 12.7 Å². The molecule has 2 aromatic rings. The first kappa shape index (κ1) is 17.9. The Labute approximate surface area is 151 Å². The van der Waals surface area contributed by atoms with Crippen molar-refractivity contribution < 1.29 is 9.18 Å². The molecule has 132 valence electrons. The third kappa shape index (κ3) is 4.39. The zero-order valence-electron chi connectivity index (χ0n) is 14.4. The number of hydrogen-bond donors (Lipinski definition) is 2. The Balaban J connectivity index is 1.70. The summed E-state index contributed by atoms with van der Waals surface area (Å²) in [5, 5.41) is 0.424. The van der Waals surface area contributed by atoms with Crippen molar-refractivity contribution in [1.82, 2.24) is 15.2 Å². The Morgan fingerprint density at radius 2 is 2.00 bits per heavy atom. The summed E-state index contributed by atoms with van der Waals surface area (Å²) in [5.74, 6) is -0.943. The Hall–Kier alpha value is -1.89. The molecule has 3 rings (SSSR count). The molecule has 1 amide bonds. The molecule has 1 saturated heterocycles. The maximum atomic E-state index is 14.4. The van der Waals surface area contributed by atoms with Crippen LogP contribution in [0.4, 0.5) is 4.39 Å². The fourth-order valence-electron chi connectivity index (χ4n) is 2.95. The molecule has 1 atom stereocenters. The van der Waals surface area contributed by atoms with E-state index in [9.17, 15) is 9.18 Å². The summed E-state index contributed by atoms with van der Waals surface area (Å²) in [5.41, 5.74) is 4.89. The van der Waals surface area contributed by atoms with Gasteiger partial charge in [-0.05, 0) is 55.8 Å². The Morgan fingerprint density at radius 1 is 1.24 bits per heavy atom. The topological polar surface area (TPSA) is 44.4 Å². The maximum absolute atomic E-state index is 14.4. The summed E-state index contributed by atoms with van der Waals surface area (Å²) >= 11 is 1.48. The highest BCUT2D eigenvalue weighted by Crippen LogP contribution is 2.25. The lowest BCUT2D eigenvalue weighted by atomic mass is 9.99. The molecule has 1 heterocycles. The van der Waals surface area contributed by atoms with Gasteiger partial charge in [-0.25, -0.2) is 4.39 Å². The van der Waals surface area contributed by atoms with Crippen LogP contribution in [0.3, 0.4) is 0 Å². The average Bonchev–Trinajstić information content (AvgIpc) is 3.03. The Kier molecular flexibility index (Phi) is 5.73. The van der Waals surface area contributed by atoms with Gasteiger partial charge in [0, 0.05) is 11.8 Å². The van der Waals surface area contributed by atoms with Gasteiger partial charge in [-0.3, -0.25) is 10.2 Å². The summed E-state index contributed by atoms with van der Waals surface area (Å²) in [4.78, 5) is 17.5. The predicted molar refractivity (Wildman–Crippen MR) is 101 cm³/mol. The van der Waals surface area contributed by atoms with E-state index in [0.717, 1.165) is 30.6 Å². The molecular formula is C19H22FN3OS. The van der Waals surface area contributed by atoms with E-state index in [2.05, 4.69) is 22.2 Å². The predicted octanol–water partition coefficient (Wildman–Crippen LogP) is 3.39. The van der Waals surface area contributed by atoms with Gasteiger partial charge >= 0.3 is 0 Å². The molecule has 6 heteroatoms. The summed E-state index contributed by atoms with van der Waals surface area (Å²) in [6.45, 7) is 3.71. The van der Waals surface area contributed by atoms with E-state index in [0.29, 0.717) is 10.8 Å². The summed E-state index contributed by atoms with van der Waals surface area (Å²) < 4.78 is 14.4. The highest BCUT2D eigenvalue weighted by Gasteiger charge is 2.21. The van der Waals surface area contributed by atoms with Crippen LogP contribution in [0.1, 0.15) is 22.3 Å². The zero-order valence-corrected chi connectivity index (χ0v) is 15.2. The van der Waals surface area contributed by atoms with Gasteiger partial charge in [0.1, 0.15) is 5.82 Å². The van der Waals surface area contributed by atoms with Crippen molar-refractivity contribution in [1.29, 1.82) is 0 Å². The molecule has 1 aliphatic rings. The fraction of sp³-hybridized carbons (Fsp3) is 0.316. The van der Waals surface area contributed by atoms with Gasteiger partial charge in [-0.2, -0.15) is 4.83 Å². The number of halogens is 1. The van der Waals surface area contributed by atoms with Crippen LogP contribution in [0.25, 0.3) is 11.1 Å². The summed E-state index contributed by atoms with van der Waals surface area (Å²) in [6, 6.07) is 13.0. The minimum Gasteiger partial charge on any atom is -0.305 e. The van der Waals surface area contributed by atoms with Gasteiger partial charge in [0.05, 0.1) is 5.56 Å². The number of likely N-dealkylation sites (tertiary alicyclic amines) is 1. The van der Waals surface area contributed by atoms with Crippen molar-refractivity contribution in [2.75, 3.05) is 20.1 Å². The molecule has 2 N–H and O–H groups in total. The molecule has 1 aliphatic heterocycles. The van der Waals surface area contributed by atoms with Crippen molar-refractivity contribution in [2.45, 2.75) is 18.6 Å². The van der Waals surface area contributed by atoms with E-state index in [1.165, 1.54) is 11.9 Å². The molecule has 2 aromatic carbocycles. The van der Waals surface area contributed by atoms with E-state index >= 15 is 0 Å². The van der Waals surface area contributed by atoms with E-state index in [4.69, 9.17) is 0 Å². The van der Waals surface area contributed by atoms with E-state index in [1.807, 2.05) is 30.3 Å². The van der Waals surface area contributed by atoms with Crippen LogP contribution in [-0.2, 0) is 0 Å². The van der Waals surface area contributed by atoms with E-state index < -0.39 is 11.7 Å². The number of carbonyl (C=O) groups excluding carboxylic acids is 1. The molecule has 1 fully saturated rings. The van der Waals surface area contributed by atoms with Gasteiger partial charge in [0.25, 0.3) is 5.91 Å². The van der Waals surface area contributed by atoms with E-state index in [1.54, 1.807) is 19.1 Å². The first-order chi connectivity index (χ1) is 12.0. The van der Waals surface area contributed by atoms with Crippen LogP contribution in [0.2, 0.25) is 0 Å². The quantitative estimate of drug-likeness (QED) is 0.634. The molecule has 1 unspecified atom stereocenters. The number of amides is 1. The van der Waals surface area contributed by atoms with Gasteiger partial charge in [-0.15, -0.1) is 0 Å². The maximum Gasteiger partial charge on any atom is 0.269 e. The highest BCUT2D eigenvalue weighted by molar-refractivity contribution is 7.98. The number of hydrazine groups is 1. The molecular weight excluding hydrogens is 337 g/mol. The highest BCUT2D eigenvalue weighted by atomic mass is 32.2. The number of nitrogens with zero attached hydrogens (tertiary/aromatic N) is 1. The van der Waals surface area contributed by atoms with Crippen LogP contribution >= 0.6 is 11.9 Å². The monoisotopic (exact) mass is 359 g/mol. The number of rotatable bonds is 5. The third-order valence-electron chi connectivity index (χ3n) is 4.34. The Morgan fingerprint density at radius 3 is 2.68 bits per heavy atom. The average molecular weight is 359 g/mol. The molecule has 0 saturated carbocycles. The second-order valence-electron chi connectivity index (χ2n) is 6.37. The lowest BCUT2D eigenvalue weighted by Gasteiger charge is -2.13. The van der Waals surface area contributed by atoms with Gasteiger partial charge in [0.2, 0.25) is 0 Å². The largest absolute Gasteiger partial charge is 0.305 e. The van der Waals surface area contributed by atoms with Gasteiger partial charge in [-0.1, -0.05) is 42.3 Å². The molecule has 0 spiro atoms. The molecule has 0 aliphatic carbocycles. The fourth-order valence-corrected chi connectivity index (χ4v) is 3.82. The number of aryl methyl sites for hydroxylation is 1. The first-order valence-corrected chi connectivity index (χ1v) is 9.17. The standard InChI is InChI=1S/C19H22FN3OS/c1-13-10-15(14-6-4-3-5-7-14)11-17(18(13)20)19(24)21-22-25-16-8-9-23(2)12-16/h3-7,10-11,16,22H,8-9,12H2,1-2H3,(H,21,24). The number of benzene rings is 2. The smallest absolute Gasteiger partial charge is 0.269 e. The van der Waals surface area contributed by atoms with Crippen molar-refractivity contribution in [3.63, 3.8) is 0 Å². The number of hydrogen-bond acceptors (Lipinski definition) is 4. The second-order valence-corrected chi connectivity index (χ2v) is 7.47. The van der Waals surface area contributed by atoms with Crippen molar-refractivity contribution in [3.05, 3.63) is 59.4 Å². The lowest BCUT2D eigenvalue weighted by Crippen LogP contribution is -2.35. The van der Waals surface area contributed by atoms with Crippen molar-refractivity contribution in [3.8, 4) is 11.1 Å². The van der Waals surface area contributed by atoms with Crippen molar-refractivity contribution in [2.24, 2.45) is 0 Å². The lowest BCUT2D eigenvalue weighted by molar-refractivity contribution is 0.0943. The molecule has 0 aromatic heterocycles. The number of nitrogens with one attached hydrogen (secondary N) is 2. The van der Waals surface area contributed by atoms with E-state index in [-0.39, 0.29) is 5.56 Å². The minimum absolute atomic E-state index is 0.0514. The Bertz CT molecular complexity index is 754. The van der Waals surface area contributed by atoms with Gasteiger partial charge in [0.15, 0.2) is 0 Å². The van der Waals surface area contributed by atoms with Crippen LogP contribution < -0.4 is 10.3 Å². The second kappa shape index (κ2) is 7.99. The SMILES string of the molecule is Cc1cc(-c2ccccc2)cc(C(=O)NNSC2CCN(C)C2)c1F. The molecule has 0 bridgehead atoms. The van der Waals surface area contributed by atoms with Crippen LogP contribution in [0.5, 0.6) is 0 Å². The molecule has 25 heavy (non-hydrogen) atoms. The minimum atomic E-state index is -0.482. The van der Waals surface area contributed by atoms with Crippen molar-refractivity contribution >= 4 is 17.9 Å². The number of carbonyl (C=O) groups is 1. The molecule has 4 nitrogen and oxygen atoms in total.